The Morgan fingerprint density at radius 3 is 2.90 bits per heavy atom. The molecule has 2 heterocycles. The number of aromatic nitrogens is 3. The van der Waals surface area contributed by atoms with Crippen molar-refractivity contribution >= 4 is 11.6 Å². The number of nitrogens with one attached hydrogen (secondary N) is 1. The molecule has 20 heavy (non-hydrogen) atoms. The lowest BCUT2D eigenvalue weighted by Crippen LogP contribution is -2.18. The van der Waals surface area contributed by atoms with Gasteiger partial charge in [0.2, 0.25) is 5.91 Å². The van der Waals surface area contributed by atoms with Crippen LogP contribution >= 0.6 is 0 Å². The Kier molecular flexibility index (Phi) is 4.29. The predicted octanol–water partition coefficient (Wildman–Crippen LogP) is 1.47. The first-order valence-corrected chi connectivity index (χ1v) is 6.27. The summed E-state index contributed by atoms with van der Waals surface area (Å²) < 4.78 is 14.3. The van der Waals surface area contributed by atoms with Crippen molar-refractivity contribution in [3.8, 4) is 0 Å². The van der Waals surface area contributed by atoms with Crippen LogP contribution in [0.3, 0.4) is 0 Å². The van der Waals surface area contributed by atoms with E-state index in [1.807, 2.05) is 6.92 Å². The lowest BCUT2D eigenvalue weighted by Gasteiger charge is -2.16. The zero-order valence-corrected chi connectivity index (χ0v) is 11.1. The minimum absolute atomic E-state index is 0.0350. The average Bonchev–Trinajstić information content (AvgIpc) is 2.83. The fraction of sp³-hybridized carbons (Fsp3) is 0.308. The Morgan fingerprint density at radius 2 is 2.30 bits per heavy atom. The van der Waals surface area contributed by atoms with Crippen LogP contribution in [0.4, 0.5) is 10.1 Å². The third-order valence-electron chi connectivity index (χ3n) is 2.81. The molecule has 0 aliphatic rings. The first kappa shape index (κ1) is 14.0. The minimum atomic E-state index is -0.452. The van der Waals surface area contributed by atoms with E-state index in [-0.39, 0.29) is 18.4 Å². The third kappa shape index (κ3) is 3.53. The van der Waals surface area contributed by atoms with Gasteiger partial charge in [-0.2, -0.15) is 5.10 Å². The van der Waals surface area contributed by atoms with Crippen LogP contribution in [0.1, 0.15) is 25.1 Å². The van der Waals surface area contributed by atoms with Crippen LogP contribution in [0.2, 0.25) is 0 Å². The van der Waals surface area contributed by atoms with Gasteiger partial charge >= 0.3 is 0 Å². The Hall–Kier alpha value is -2.44. The van der Waals surface area contributed by atoms with Gasteiger partial charge in [0.15, 0.2) is 0 Å². The van der Waals surface area contributed by atoms with Crippen LogP contribution in [-0.2, 0) is 11.3 Å². The Bertz CT molecular complexity index is 581. The summed E-state index contributed by atoms with van der Waals surface area (Å²) in [6.07, 6.45) is 5.27. The molecule has 0 spiro atoms. The molecule has 106 valence electrons. The standard InChI is InChI=1S/C13H16FN5O/c1-2-11(12-4-3-9(14)5-16-12)18-10-6-17-19(7-10)8-13(15)20/h3-7,11,18H,2,8H2,1H3,(H2,15,20). The van der Waals surface area contributed by atoms with E-state index in [9.17, 15) is 9.18 Å². The van der Waals surface area contributed by atoms with Gasteiger partial charge in [-0.1, -0.05) is 6.92 Å². The smallest absolute Gasteiger partial charge is 0.239 e. The van der Waals surface area contributed by atoms with Crippen molar-refractivity contribution in [1.82, 2.24) is 14.8 Å². The van der Waals surface area contributed by atoms with Gasteiger partial charge in [-0.25, -0.2) is 4.39 Å². The molecule has 1 atom stereocenters. The number of hydrogen-bond acceptors (Lipinski definition) is 4. The molecule has 1 amide bonds. The molecule has 0 aliphatic carbocycles. The second-order valence-corrected chi connectivity index (χ2v) is 4.40. The number of carbonyl (C=O) groups is 1. The van der Waals surface area contributed by atoms with E-state index in [0.29, 0.717) is 0 Å². The van der Waals surface area contributed by atoms with Crippen LogP contribution in [0.15, 0.2) is 30.7 Å². The average molecular weight is 277 g/mol. The largest absolute Gasteiger partial charge is 0.374 e. The van der Waals surface area contributed by atoms with Crippen molar-refractivity contribution in [2.75, 3.05) is 5.32 Å². The maximum Gasteiger partial charge on any atom is 0.239 e. The number of carbonyl (C=O) groups excluding carboxylic acids is 1. The minimum Gasteiger partial charge on any atom is -0.374 e. The van der Waals surface area contributed by atoms with Crippen LogP contribution < -0.4 is 11.1 Å². The van der Waals surface area contributed by atoms with E-state index in [1.165, 1.54) is 16.9 Å². The van der Waals surface area contributed by atoms with Crippen LogP contribution in [0.25, 0.3) is 0 Å². The molecule has 1 unspecified atom stereocenters. The summed E-state index contributed by atoms with van der Waals surface area (Å²) in [6.45, 7) is 2.03. The van der Waals surface area contributed by atoms with Crippen LogP contribution in [0, 0.1) is 5.82 Å². The molecule has 2 rings (SSSR count). The van der Waals surface area contributed by atoms with Gasteiger partial charge in [0.25, 0.3) is 0 Å². The number of pyridine rings is 1. The monoisotopic (exact) mass is 277 g/mol. The molecule has 0 saturated heterocycles. The van der Waals surface area contributed by atoms with Crippen molar-refractivity contribution in [1.29, 1.82) is 0 Å². The van der Waals surface area contributed by atoms with Crippen molar-refractivity contribution in [2.24, 2.45) is 5.73 Å². The van der Waals surface area contributed by atoms with Gasteiger partial charge < -0.3 is 11.1 Å². The second kappa shape index (κ2) is 6.14. The first-order valence-electron chi connectivity index (χ1n) is 6.27. The summed E-state index contributed by atoms with van der Waals surface area (Å²) in [5, 5.41) is 7.26. The number of rotatable bonds is 6. The third-order valence-corrected chi connectivity index (χ3v) is 2.81. The van der Waals surface area contributed by atoms with E-state index < -0.39 is 5.91 Å². The van der Waals surface area contributed by atoms with Gasteiger partial charge in [0.1, 0.15) is 12.4 Å². The molecule has 0 radical (unpaired) electrons. The lowest BCUT2D eigenvalue weighted by molar-refractivity contribution is -0.118. The molecule has 2 aromatic rings. The topological polar surface area (TPSA) is 85.8 Å². The highest BCUT2D eigenvalue weighted by atomic mass is 19.1. The SMILES string of the molecule is CCC(Nc1cnn(CC(N)=O)c1)c1ccc(F)cn1. The van der Waals surface area contributed by atoms with E-state index >= 15 is 0 Å². The second-order valence-electron chi connectivity index (χ2n) is 4.40. The molecule has 3 N–H and O–H groups in total. The van der Waals surface area contributed by atoms with Gasteiger partial charge in [0, 0.05) is 6.20 Å². The molecular formula is C13H16FN5O. The van der Waals surface area contributed by atoms with E-state index in [0.717, 1.165) is 17.8 Å². The zero-order chi connectivity index (χ0) is 14.5. The maximum atomic E-state index is 12.9. The molecule has 2 aromatic heterocycles. The number of halogens is 1. The lowest BCUT2D eigenvalue weighted by atomic mass is 10.1. The van der Waals surface area contributed by atoms with Crippen molar-refractivity contribution in [3.05, 3.63) is 42.2 Å². The van der Waals surface area contributed by atoms with Gasteiger partial charge in [-0.3, -0.25) is 14.5 Å². The number of nitrogens with zero attached hydrogens (tertiary/aromatic N) is 3. The Labute approximate surface area is 115 Å². The Morgan fingerprint density at radius 1 is 1.50 bits per heavy atom. The highest BCUT2D eigenvalue weighted by Crippen LogP contribution is 2.20. The number of primary amides is 1. The molecule has 0 aliphatic heterocycles. The van der Waals surface area contributed by atoms with Crippen LogP contribution in [0.5, 0.6) is 0 Å². The fourth-order valence-electron chi connectivity index (χ4n) is 1.86. The predicted molar refractivity (Wildman–Crippen MR) is 72.3 cm³/mol. The van der Waals surface area contributed by atoms with E-state index in [4.69, 9.17) is 5.73 Å². The normalized spacial score (nSPS) is 12.1. The van der Waals surface area contributed by atoms with Crippen molar-refractivity contribution in [2.45, 2.75) is 25.9 Å². The number of anilines is 1. The zero-order valence-electron chi connectivity index (χ0n) is 11.1. The highest BCUT2D eigenvalue weighted by Gasteiger charge is 2.12. The van der Waals surface area contributed by atoms with Crippen LogP contribution in [-0.4, -0.2) is 20.7 Å². The van der Waals surface area contributed by atoms with Crippen molar-refractivity contribution < 1.29 is 9.18 Å². The van der Waals surface area contributed by atoms with Gasteiger partial charge in [-0.15, -0.1) is 0 Å². The maximum absolute atomic E-state index is 12.9. The fourth-order valence-corrected chi connectivity index (χ4v) is 1.86. The molecule has 0 fully saturated rings. The molecule has 0 aromatic carbocycles. The summed E-state index contributed by atoms with van der Waals surface area (Å²) in [6, 6.07) is 2.97. The molecule has 0 bridgehead atoms. The summed E-state index contributed by atoms with van der Waals surface area (Å²) in [5.41, 5.74) is 6.60. The first-order chi connectivity index (χ1) is 9.58. The van der Waals surface area contributed by atoms with Crippen molar-refractivity contribution in [3.63, 3.8) is 0 Å². The van der Waals surface area contributed by atoms with Gasteiger partial charge in [0.05, 0.1) is 29.8 Å². The summed E-state index contributed by atoms with van der Waals surface area (Å²) in [7, 11) is 0. The highest BCUT2D eigenvalue weighted by molar-refractivity contribution is 5.73. The quantitative estimate of drug-likeness (QED) is 0.837. The number of amides is 1. The summed E-state index contributed by atoms with van der Waals surface area (Å²) in [4.78, 5) is 14.9. The summed E-state index contributed by atoms with van der Waals surface area (Å²) in [5.74, 6) is -0.815. The molecule has 6 nitrogen and oxygen atoms in total. The van der Waals surface area contributed by atoms with E-state index in [1.54, 1.807) is 18.5 Å². The number of hydrogen-bond donors (Lipinski definition) is 2. The summed E-state index contributed by atoms with van der Waals surface area (Å²) >= 11 is 0. The van der Waals surface area contributed by atoms with Gasteiger partial charge in [-0.05, 0) is 18.6 Å². The molecular weight excluding hydrogens is 261 g/mol. The molecule has 0 saturated carbocycles. The number of nitrogens with two attached hydrogens (primary N) is 1. The van der Waals surface area contributed by atoms with E-state index in [2.05, 4.69) is 15.4 Å². The molecule has 7 heteroatoms. The Balaban J connectivity index is 2.08.